The van der Waals surface area contributed by atoms with Crippen LogP contribution in [0, 0.1) is 6.92 Å². The maximum atomic E-state index is 6.25. The number of halogens is 1. The molecule has 2 saturated heterocycles. The van der Waals surface area contributed by atoms with E-state index in [1.165, 1.54) is 32.4 Å². The second-order valence-corrected chi connectivity index (χ2v) is 6.30. The van der Waals surface area contributed by atoms with Crippen molar-refractivity contribution in [3.63, 3.8) is 0 Å². The topological polar surface area (TPSA) is 41.1 Å². The van der Waals surface area contributed by atoms with Crippen LogP contribution in [0.4, 0.5) is 5.82 Å². The van der Waals surface area contributed by atoms with Crippen molar-refractivity contribution in [1.29, 1.82) is 0 Å². The molecule has 0 aromatic carbocycles. The normalized spacial score (nSPS) is 25.9. The van der Waals surface area contributed by atoms with E-state index in [9.17, 15) is 0 Å². The summed E-state index contributed by atoms with van der Waals surface area (Å²) in [7, 11) is 0. The van der Waals surface area contributed by atoms with Crippen molar-refractivity contribution in [3.8, 4) is 0 Å². The average molecular weight is 295 g/mol. The van der Waals surface area contributed by atoms with Gasteiger partial charge in [-0.15, -0.1) is 0 Å². The van der Waals surface area contributed by atoms with Gasteiger partial charge < -0.3 is 5.32 Å². The van der Waals surface area contributed by atoms with Crippen molar-refractivity contribution in [2.75, 3.05) is 18.4 Å². The Balaban J connectivity index is 1.79. The minimum absolute atomic E-state index is 0.511. The molecule has 20 heavy (non-hydrogen) atoms. The van der Waals surface area contributed by atoms with Gasteiger partial charge in [-0.1, -0.05) is 18.5 Å². The number of nitrogens with one attached hydrogen (secondary N) is 1. The lowest BCUT2D eigenvalue weighted by molar-refractivity contribution is 0.318. The van der Waals surface area contributed by atoms with Gasteiger partial charge in [0.15, 0.2) is 0 Å². The first-order chi connectivity index (χ1) is 9.69. The Morgan fingerprint density at radius 1 is 1.30 bits per heavy atom. The van der Waals surface area contributed by atoms with E-state index in [0.29, 0.717) is 17.2 Å². The molecule has 1 N–H and O–H groups in total. The number of hydrogen-bond acceptors (Lipinski definition) is 4. The lowest BCUT2D eigenvalue weighted by Gasteiger charge is -2.23. The second-order valence-electron chi connectivity index (χ2n) is 5.94. The number of nitrogens with zero attached hydrogens (tertiary/aromatic N) is 3. The summed E-state index contributed by atoms with van der Waals surface area (Å²) in [4.78, 5) is 11.6. The van der Waals surface area contributed by atoms with E-state index in [2.05, 4.69) is 27.1 Å². The van der Waals surface area contributed by atoms with E-state index in [-0.39, 0.29) is 0 Å². The number of anilines is 1. The highest BCUT2D eigenvalue weighted by molar-refractivity contribution is 6.30. The summed E-state index contributed by atoms with van der Waals surface area (Å²) in [6.07, 6.45) is 5.76. The largest absolute Gasteiger partial charge is 0.365 e. The molecule has 3 heterocycles. The number of aromatic nitrogens is 2. The number of aryl methyl sites for hydroxylation is 1. The van der Waals surface area contributed by atoms with Crippen LogP contribution in [0.25, 0.3) is 0 Å². The Labute approximate surface area is 125 Å². The first-order valence-corrected chi connectivity index (χ1v) is 8.10. The molecule has 0 amide bonds. The van der Waals surface area contributed by atoms with Crippen LogP contribution < -0.4 is 5.32 Å². The molecule has 0 spiro atoms. The van der Waals surface area contributed by atoms with Crippen molar-refractivity contribution < 1.29 is 0 Å². The molecule has 3 rings (SSSR count). The van der Waals surface area contributed by atoms with E-state index >= 15 is 0 Å². The predicted molar refractivity (Wildman–Crippen MR) is 82.4 cm³/mol. The summed E-state index contributed by atoms with van der Waals surface area (Å²) in [5.74, 6) is 1.79. The Morgan fingerprint density at radius 2 is 2.15 bits per heavy atom. The highest BCUT2D eigenvalue weighted by Crippen LogP contribution is 2.31. The van der Waals surface area contributed by atoms with Crippen LogP contribution in [0.2, 0.25) is 5.15 Å². The van der Waals surface area contributed by atoms with E-state index in [1.54, 1.807) is 0 Å². The van der Waals surface area contributed by atoms with Gasteiger partial charge in [0.25, 0.3) is 0 Å². The zero-order valence-electron chi connectivity index (χ0n) is 12.3. The molecule has 5 heteroatoms. The Bertz CT molecular complexity index is 491. The van der Waals surface area contributed by atoms with Crippen LogP contribution in [0.15, 0.2) is 0 Å². The molecule has 0 bridgehead atoms. The molecule has 2 aliphatic rings. The Kier molecular flexibility index (Phi) is 4.13. The fourth-order valence-electron chi connectivity index (χ4n) is 3.44. The minimum atomic E-state index is 0.511. The molecular formula is C15H23ClN4. The highest BCUT2D eigenvalue weighted by Gasteiger charge is 2.37. The Morgan fingerprint density at radius 3 is 2.95 bits per heavy atom. The molecule has 1 aromatic heterocycles. The third-order valence-electron chi connectivity index (χ3n) is 4.53. The van der Waals surface area contributed by atoms with E-state index in [0.717, 1.165) is 30.0 Å². The molecule has 2 fully saturated rings. The van der Waals surface area contributed by atoms with Crippen molar-refractivity contribution in [1.82, 2.24) is 14.9 Å². The third kappa shape index (κ3) is 2.63. The summed E-state index contributed by atoms with van der Waals surface area (Å²) in [6, 6.07) is 1.19. The first kappa shape index (κ1) is 14.1. The minimum Gasteiger partial charge on any atom is -0.365 e. The summed E-state index contributed by atoms with van der Waals surface area (Å²) >= 11 is 6.25. The number of rotatable bonds is 4. The van der Waals surface area contributed by atoms with Gasteiger partial charge in [-0.2, -0.15) is 0 Å². The summed E-state index contributed by atoms with van der Waals surface area (Å²) in [5.41, 5.74) is 0.975. The predicted octanol–water partition coefficient (Wildman–Crippen LogP) is 3.04. The third-order valence-corrected chi connectivity index (χ3v) is 4.90. The monoisotopic (exact) mass is 294 g/mol. The summed E-state index contributed by atoms with van der Waals surface area (Å²) < 4.78 is 0. The van der Waals surface area contributed by atoms with Gasteiger partial charge in [0.2, 0.25) is 0 Å². The quantitative estimate of drug-likeness (QED) is 0.867. The molecular weight excluding hydrogens is 272 g/mol. The van der Waals surface area contributed by atoms with Crippen LogP contribution in [-0.4, -0.2) is 40.0 Å². The van der Waals surface area contributed by atoms with Gasteiger partial charge in [0.1, 0.15) is 16.8 Å². The molecule has 2 unspecified atom stereocenters. The first-order valence-electron chi connectivity index (χ1n) is 7.72. The van der Waals surface area contributed by atoms with Crippen LogP contribution in [-0.2, 0) is 6.42 Å². The lowest BCUT2D eigenvalue weighted by atomic mass is 10.1. The van der Waals surface area contributed by atoms with Gasteiger partial charge in [-0.3, -0.25) is 4.90 Å². The van der Waals surface area contributed by atoms with Crippen molar-refractivity contribution in [2.45, 2.75) is 58.0 Å². The van der Waals surface area contributed by atoms with Crippen LogP contribution >= 0.6 is 11.6 Å². The van der Waals surface area contributed by atoms with Gasteiger partial charge in [-0.05, 0) is 39.2 Å². The fraction of sp³-hybridized carbons (Fsp3) is 0.733. The maximum absolute atomic E-state index is 6.25. The zero-order valence-corrected chi connectivity index (χ0v) is 13.1. The van der Waals surface area contributed by atoms with Crippen molar-refractivity contribution in [3.05, 3.63) is 16.5 Å². The SMILES string of the molecule is CCCc1nc(Cl)c(C)c(NC2CCN3CCCC23)n1. The molecule has 110 valence electrons. The smallest absolute Gasteiger partial charge is 0.137 e. The summed E-state index contributed by atoms with van der Waals surface area (Å²) in [5, 5.41) is 4.23. The van der Waals surface area contributed by atoms with E-state index in [4.69, 9.17) is 11.6 Å². The lowest BCUT2D eigenvalue weighted by Crippen LogP contribution is -2.34. The molecule has 0 radical (unpaired) electrons. The molecule has 1 aromatic rings. The van der Waals surface area contributed by atoms with Gasteiger partial charge in [0, 0.05) is 30.6 Å². The fourth-order valence-corrected chi connectivity index (χ4v) is 3.62. The zero-order chi connectivity index (χ0) is 14.1. The van der Waals surface area contributed by atoms with E-state index < -0.39 is 0 Å². The molecule has 2 atom stereocenters. The highest BCUT2D eigenvalue weighted by atomic mass is 35.5. The molecule has 2 aliphatic heterocycles. The molecule has 4 nitrogen and oxygen atoms in total. The second kappa shape index (κ2) is 5.86. The number of fused-ring (bicyclic) bond motifs is 1. The van der Waals surface area contributed by atoms with E-state index in [1.807, 2.05) is 6.92 Å². The van der Waals surface area contributed by atoms with Crippen LogP contribution in [0.5, 0.6) is 0 Å². The van der Waals surface area contributed by atoms with Crippen LogP contribution in [0.1, 0.15) is 44.0 Å². The van der Waals surface area contributed by atoms with Gasteiger partial charge >= 0.3 is 0 Å². The van der Waals surface area contributed by atoms with Gasteiger partial charge in [0.05, 0.1) is 0 Å². The average Bonchev–Trinajstić information content (AvgIpc) is 3.00. The van der Waals surface area contributed by atoms with Gasteiger partial charge in [-0.25, -0.2) is 9.97 Å². The molecule has 0 saturated carbocycles. The number of hydrogen-bond donors (Lipinski definition) is 1. The van der Waals surface area contributed by atoms with Crippen molar-refractivity contribution >= 4 is 17.4 Å². The maximum Gasteiger partial charge on any atom is 0.137 e. The van der Waals surface area contributed by atoms with Crippen LogP contribution in [0.3, 0.4) is 0 Å². The molecule has 0 aliphatic carbocycles. The Hall–Kier alpha value is -0.870. The van der Waals surface area contributed by atoms with Crippen molar-refractivity contribution in [2.24, 2.45) is 0 Å². The summed E-state index contributed by atoms with van der Waals surface area (Å²) in [6.45, 7) is 6.61. The standard InChI is InChI=1S/C15H23ClN4/c1-3-5-13-18-14(16)10(2)15(19-13)17-11-7-9-20-8-4-6-12(11)20/h11-12H,3-9H2,1-2H3,(H,17,18,19).